The standard InChI is InChI=1S/C24H26N8O2/c1-4-34-16-7-8-19-17(11-16)14(2)26-22(28-19)31-23-29-20(12-21(33)30-23)18-13-25-24(27-15(18)3)32-9-5-6-10-32/h7-8,11-13H,4-6,9-10H2,1-3H3,(H2,26,28,29,30,31,33). The van der Waals surface area contributed by atoms with Crippen molar-refractivity contribution < 1.29 is 4.74 Å². The maximum Gasteiger partial charge on any atom is 0.252 e. The number of aryl methyl sites for hydroxylation is 2. The molecule has 1 aliphatic rings. The Bertz CT molecular complexity index is 1410. The number of anilines is 3. The van der Waals surface area contributed by atoms with Crippen molar-refractivity contribution in [1.82, 2.24) is 29.9 Å². The zero-order valence-corrected chi connectivity index (χ0v) is 19.4. The van der Waals surface area contributed by atoms with Gasteiger partial charge >= 0.3 is 0 Å². The van der Waals surface area contributed by atoms with Crippen molar-refractivity contribution in [1.29, 1.82) is 0 Å². The van der Waals surface area contributed by atoms with Crippen LogP contribution in [0.15, 0.2) is 35.3 Å². The van der Waals surface area contributed by atoms with Crippen molar-refractivity contribution in [3.05, 3.63) is 52.2 Å². The molecule has 1 saturated heterocycles. The first kappa shape index (κ1) is 21.7. The van der Waals surface area contributed by atoms with Gasteiger partial charge < -0.3 is 9.64 Å². The van der Waals surface area contributed by atoms with Crippen molar-refractivity contribution in [2.45, 2.75) is 33.6 Å². The second-order valence-corrected chi connectivity index (χ2v) is 8.21. The molecule has 0 bridgehead atoms. The largest absolute Gasteiger partial charge is 0.494 e. The Morgan fingerprint density at radius 1 is 1.06 bits per heavy atom. The molecule has 0 unspecified atom stereocenters. The summed E-state index contributed by atoms with van der Waals surface area (Å²) in [6, 6.07) is 7.12. The number of hydrogen-bond donors (Lipinski definition) is 2. The molecule has 0 aliphatic carbocycles. The number of H-pyrrole nitrogens is 1. The highest BCUT2D eigenvalue weighted by atomic mass is 16.5. The number of hydrogen-bond acceptors (Lipinski definition) is 9. The van der Waals surface area contributed by atoms with Crippen LogP contribution in [0.2, 0.25) is 0 Å². The molecule has 34 heavy (non-hydrogen) atoms. The van der Waals surface area contributed by atoms with Gasteiger partial charge in [0.2, 0.25) is 17.8 Å². The molecule has 5 rings (SSSR count). The van der Waals surface area contributed by atoms with Gasteiger partial charge in [0.15, 0.2) is 0 Å². The Balaban J connectivity index is 1.45. The van der Waals surface area contributed by atoms with E-state index in [0.29, 0.717) is 23.8 Å². The predicted octanol–water partition coefficient (Wildman–Crippen LogP) is 3.53. The monoisotopic (exact) mass is 458 g/mol. The van der Waals surface area contributed by atoms with E-state index < -0.39 is 0 Å². The fourth-order valence-electron chi connectivity index (χ4n) is 4.11. The summed E-state index contributed by atoms with van der Waals surface area (Å²) in [4.78, 5) is 40.1. The minimum absolute atomic E-state index is 0.246. The van der Waals surface area contributed by atoms with Crippen molar-refractivity contribution in [2.75, 3.05) is 29.9 Å². The third-order valence-electron chi connectivity index (χ3n) is 5.77. The average molecular weight is 459 g/mol. The van der Waals surface area contributed by atoms with E-state index in [2.05, 4.69) is 40.1 Å². The van der Waals surface area contributed by atoms with Crippen LogP contribution in [0.4, 0.5) is 17.8 Å². The van der Waals surface area contributed by atoms with E-state index in [4.69, 9.17) is 4.74 Å². The molecule has 0 radical (unpaired) electrons. The van der Waals surface area contributed by atoms with E-state index in [1.54, 1.807) is 6.20 Å². The van der Waals surface area contributed by atoms with Crippen molar-refractivity contribution >= 4 is 28.7 Å². The smallest absolute Gasteiger partial charge is 0.252 e. The molecule has 3 aromatic heterocycles. The number of aromatic nitrogens is 6. The van der Waals surface area contributed by atoms with Gasteiger partial charge in [-0.15, -0.1) is 0 Å². The second kappa shape index (κ2) is 9.05. The van der Waals surface area contributed by atoms with Gasteiger partial charge in [-0.3, -0.25) is 15.1 Å². The lowest BCUT2D eigenvalue weighted by molar-refractivity contribution is 0.340. The van der Waals surface area contributed by atoms with Gasteiger partial charge in [-0.2, -0.15) is 0 Å². The molecule has 10 nitrogen and oxygen atoms in total. The fourth-order valence-corrected chi connectivity index (χ4v) is 4.11. The minimum Gasteiger partial charge on any atom is -0.494 e. The molecule has 1 fully saturated rings. The summed E-state index contributed by atoms with van der Waals surface area (Å²) in [6.07, 6.45) is 4.03. The Labute approximate surface area is 196 Å². The van der Waals surface area contributed by atoms with Crippen LogP contribution in [0, 0.1) is 13.8 Å². The average Bonchev–Trinajstić information content (AvgIpc) is 3.34. The molecule has 0 amide bonds. The predicted molar refractivity (Wildman–Crippen MR) is 131 cm³/mol. The Morgan fingerprint density at radius 2 is 1.88 bits per heavy atom. The van der Waals surface area contributed by atoms with Crippen molar-refractivity contribution in [3.8, 4) is 17.0 Å². The number of nitrogens with zero attached hydrogens (tertiary/aromatic N) is 6. The summed E-state index contributed by atoms with van der Waals surface area (Å²) in [5.74, 6) is 2.07. The lowest BCUT2D eigenvalue weighted by Gasteiger charge is -2.16. The first-order valence-electron chi connectivity index (χ1n) is 11.4. The lowest BCUT2D eigenvalue weighted by atomic mass is 10.2. The van der Waals surface area contributed by atoms with Crippen molar-refractivity contribution in [3.63, 3.8) is 0 Å². The van der Waals surface area contributed by atoms with E-state index in [0.717, 1.165) is 59.9 Å². The first-order chi connectivity index (χ1) is 16.5. The zero-order valence-electron chi connectivity index (χ0n) is 19.4. The maximum absolute atomic E-state index is 12.4. The molecular formula is C24H26N8O2. The third kappa shape index (κ3) is 4.39. The van der Waals surface area contributed by atoms with Gasteiger partial charge in [0.1, 0.15) is 5.75 Å². The highest BCUT2D eigenvalue weighted by molar-refractivity contribution is 5.83. The molecule has 0 atom stereocenters. The molecular weight excluding hydrogens is 432 g/mol. The van der Waals surface area contributed by atoms with Crippen LogP contribution >= 0.6 is 0 Å². The number of fused-ring (bicyclic) bond motifs is 1. The summed E-state index contributed by atoms with van der Waals surface area (Å²) in [5, 5.41) is 3.93. The van der Waals surface area contributed by atoms with E-state index in [1.807, 2.05) is 39.0 Å². The molecule has 10 heteroatoms. The Hall–Kier alpha value is -4.08. The summed E-state index contributed by atoms with van der Waals surface area (Å²) in [5.41, 5.74) is 3.21. The van der Waals surface area contributed by atoms with Gasteiger partial charge in [0, 0.05) is 36.3 Å². The van der Waals surface area contributed by atoms with E-state index in [-0.39, 0.29) is 11.5 Å². The minimum atomic E-state index is -0.297. The molecule has 1 aliphatic heterocycles. The van der Waals surface area contributed by atoms with Crippen LogP contribution < -0.4 is 20.5 Å². The number of nitrogens with one attached hydrogen (secondary N) is 2. The molecule has 1 aromatic carbocycles. The Kier molecular flexibility index (Phi) is 5.79. The molecule has 0 saturated carbocycles. The summed E-state index contributed by atoms with van der Waals surface area (Å²) in [6.45, 7) is 8.27. The molecule has 174 valence electrons. The number of ether oxygens (including phenoxy) is 1. The molecule has 2 N–H and O–H groups in total. The fraction of sp³-hybridized carbons (Fsp3) is 0.333. The van der Waals surface area contributed by atoms with Crippen LogP contribution in [0.3, 0.4) is 0 Å². The summed E-state index contributed by atoms with van der Waals surface area (Å²) >= 11 is 0. The summed E-state index contributed by atoms with van der Waals surface area (Å²) in [7, 11) is 0. The van der Waals surface area contributed by atoms with Crippen LogP contribution in [0.25, 0.3) is 22.2 Å². The van der Waals surface area contributed by atoms with Crippen molar-refractivity contribution in [2.24, 2.45) is 0 Å². The number of benzene rings is 1. The van der Waals surface area contributed by atoms with E-state index in [1.165, 1.54) is 6.07 Å². The maximum atomic E-state index is 12.4. The molecule has 4 aromatic rings. The van der Waals surface area contributed by atoms with Crippen LogP contribution in [-0.4, -0.2) is 49.6 Å². The topological polar surface area (TPSA) is 122 Å². The highest BCUT2D eigenvalue weighted by Gasteiger charge is 2.17. The second-order valence-electron chi connectivity index (χ2n) is 8.21. The third-order valence-corrected chi connectivity index (χ3v) is 5.77. The zero-order chi connectivity index (χ0) is 23.7. The summed E-state index contributed by atoms with van der Waals surface area (Å²) < 4.78 is 5.58. The van der Waals surface area contributed by atoms with Crippen LogP contribution in [0.1, 0.15) is 31.2 Å². The van der Waals surface area contributed by atoms with E-state index in [9.17, 15) is 4.79 Å². The van der Waals surface area contributed by atoms with Gasteiger partial charge in [0.25, 0.3) is 5.56 Å². The van der Waals surface area contributed by atoms with Gasteiger partial charge in [-0.1, -0.05) is 0 Å². The number of aromatic amines is 1. The van der Waals surface area contributed by atoms with Gasteiger partial charge in [0.05, 0.1) is 29.2 Å². The number of rotatable bonds is 6. The van der Waals surface area contributed by atoms with Gasteiger partial charge in [-0.05, 0) is 51.8 Å². The first-order valence-corrected chi connectivity index (χ1v) is 11.4. The normalized spacial score (nSPS) is 13.4. The lowest BCUT2D eigenvalue weighted by Crippen LogP contribution is -2.21. The van der Waals surface area contributed by atoms with E-state index >= 15 is 0 Å². The van der Waals surface area contributed by atoms with Crippen LogP contribution in [0.5, 0.6) is 5.75 Å². The molecule has 0 spiro atoms. The van der Waals surface area contributed by atoms with Crippen LogP contribution in [-0.2, 0) is 0 Å². The van der Waals surface area contributed by atoms with Gasteiger partial charge in [-0.25, -0.2) is 24.9 Å². The molecule has 4 heterocycles. The highest BCUT2D eigenvalue weighted by Crippen LogP contribution is 2.25. The SMILES string of the molecule is CCOc1ccc2nc(Nc3nc(-c4cnc(N5CCCC5)nc4C)cc(=O)[nH]3)nc(C)c2c1. The Morgan fingerprint density at radius 3 is 2.65 bits per heavy atom. The quantitative estimate of drug-likeness (QED) is 0.447.